The fourth-order valence-electron chi connectivity index (χ4n) is 2.17. The number of hydrogen-bond donors (Lipinski definition) is 3. The zero-order valence-corrected chi connectivity index (χ0v) is 16.2. The minimum Gasteiger partial charge on any atom is -0.465 e. The number of nitrogens with two attached hydrogens (primary N) is 1. The van der Waals surface area contributed by atoms with E-state index in [0.717, 1.165) is 12.1 Å². The van der Waals surface area contributed by atoms with Gasteiger partial charge in [-0.1, -0.05) is 12.1 Å². The van der Waals surface area contributed by atoms with Crippen LogP contribution in [0.4, 0.5) is 4.79 Å². The van der Waals surface area contributed by atoms with Gasteiger partial charge in [0.15, 0.2) is 0 Å². The van der Waals surface area contributed by atoms with E-state index in [9.17, 15) is 18.0 Å². The molecule has 1 aromatic carbocycles. The van der Waals surface area contributed by atoms with E-state index >= 15 is 0 Å². The molecular weight excluding hydrogens is 392 g/mol. The predicted molar refractivity (Wildman–Crippen MR) is 98.6 cm³/mol. The number of urea groups is 1. The van der Waals surface area contributed by atoms with Crippen LogP contribution in [0.15, 0.2) is 39.1 Å². The third-order valence-electron chi connectivity index (χ3n) is 3.47. The Kier molecular flexibility index (Phi) is 6.53. The van der Waals surface area contributed by atoms with Gasteiger partial charge in [0.05, 0.1) is 19.3 Å². The molecule has 1 aliphatic rings. The summed E-state index contributed by atoms with van der Waals surface area (Å²) in [6.07, 6.45) is -1.15. The van der Waals surface area contributed by atoms with Crippen LogP contribution in [-0.4, -0.2) is 57.3 Å². The fourth-order valence-corrected chi connectivity index (χ4v) is 3.28. The van der Waals surface area contributed by atoms with Crippen molar-refractivity contribution in [3.63, 3.8) is 0 Å². The quantitative estimate of drug-likeness (QED) is 0.440. The molecule has 1 heterocycles. The zero-order valence-electron chi connectivity index (χ0n) is 15.4. The van der Waals surface area contributed by atoms with E-state index in [4.69, 9.17) is 10.6 Å². The molecule has 1 unspecified atom stereocenters. The maximum absolute atomic E-state index is 12.5. The van der Waals surface area contributed by atoms with Crippen molar-refractivity contribution in [3.8, 4) is 0 Å². The summed E-state index contributed by atoms with van der Waals surface area (Å²) in [7, 11) is -3.27. The van der Waals surface area contributed by atoms with Crippen molar-refractivity contribution < 1.29 is 27.5 Å². The molecule has 0 aromatic heterocycles. The number of carbonyl (C=O) groups is 2. The predicted octanol–water partition coefficient (Wildman–Crippen LogP) is -0.255. The highest BCUT2D eigenvalue weighted by molar-refractivity contribution is 7.90. The van der Waals surface area contributed by atoms with Crippen LogP contribution in [0.3, 0.4) is 0 Å². The van der Waals surface area contributed by atoms with Crippen molar-refractivity contribution in [1.29, 1.82) is 0 Å². The normalized spacial score (nSPS) is 16.6. The second kappa shape index (κ2) is 8.67. The Morgan fingerprint density at radius 1 is 1.32 bits per heavy atom. The van der Waals surface area contributed by atoms with Crippen molar-refractivity contribution in [3.05, 3.63) is 29.8 Å². The van der Waals surface area contributed by atoms with E-state index in [0.29, 0.717) is 5.84 Å². The summed E-state index contributed by atoms with van der Waals surface area (Å²) in [5, 5.41) is 3.31. The van der Waals surface area contributed by atoms with Crippen molar-refractivity contribution in [2.24, 2.45) is 15.8 Å². The largest absolute Gasteiger partial charge is 0.465 e. The molecule has 1 aliphatic heterocycles. The van der Waals surface area contributed by atoms with E-state index in [2.05, 4.69) is 20.0 Å². The van der Waals surface area contributed by atoms with E-state index in [1.807, 2.05) is 0 Å². The minimum atomic E-state index is -4.38. The van der Waals surface area contributed by atoms with E-state index in [-0.39, 0.29) is 18.2 Å². The molecule has 28 heavy (non-hydrogen) atoms. The first-order valence-corrected chi connectivity index (χ1v) is 9.48. The fraction of sp³-hybridized carbons (Fsp3) is 0.333. The molecule has 1 atom stereocenters. The van der Waals surface area contributed by atoms with E-state index < -0.39 is 33.2 Å². The second-order valence-corrected chi connectivity index (χ2v) is 7.00. The summed E-state index contributed by atoms with van der Waals surface area (Å²) in [5.74, 6) is 5.21. The number of carbonyl (C=O) groups excluding carboxylic acids is 2. The topological polar surface area (TPSA) is 165 Å². The number of rotatable bonds is 5. The Labute approximate surface area is 161 Å². The minimum absolute atomic E-state index is 0.00843. The highest BCUT2D eigenvalue weighted by atomic mass is 32.2. The lowest BCUT2D eigenvalue weighted by Gasteiger charge is -2.29. The average molecular weight is 412 g/mol. The van der Waals surface area contributed by atoms with Gasteiger partial charge in [-0.25, -0.2) is 28.6 Å². The Hall–Kier alpha value is -3.19. The third kappa shape index (κ3) is 4.75. The van der Waals surface area contributed by atoms with Crippen molar-refractivity contribution in [1.82, 2.24) is 15.0 Å². The van der Waals surface area contributed by atoms with Gasteiger partial charge in [-0.3, -0.25) is 10.3 Å². The lowest BCUT2D eigenvalue weighted by atomic mass is 10.2. The first-order chi connectivity index (χ1) is 13.2. The van der Waals surface area contributed by atoms with Crippen molar-refractivity contribution in [2.75, 3.05) is 13.7 Å². The molecule has 0 spiro atoms. The SMILES string of the molecule is CCOC1=NC(NC(=O)NS(=O)(=O)c2ccccc2C(=O)OC)N(N)C(C)=N1. The molecule has 2 amide bonds. The van der Waals surface area contributed by atoms with Crippen LogP contribution in [0.1, 0.15) is 24.2 Å². The molecule has 0 saturated carbocycles. The highest BCUT2D eigenvalue weighted by Crippen LogP contribution is 2.16. The maximum atomic E-state index is 12.5. The average Bonchev–Trinajstić information content (AvgIpc) is 2.64. The molecule has 152 valence electrons. The summed E-state index contributed by atoms with van der Waals surface area (Å²) in [5.41, 5.74) is -0.219. The number of amidine groups is 2. The summed E-state index contributed by atoms with van der Waals surface area (Å²) in [6.45, 7) is 3.57. The lowest BCUT2D eigenvalue weighted by molar-refractivity contribution is 0.0596. The second-order valence-electron chi connectivity index (χ2n) is 5.35. The van der Waals surface area contributed by atoms with Gasteiger partial charge in [-0.2, -0.15) is 9.98 Å². The van der Waals surface area contributed by atoms with E-state index in [1.165, 1.54) is 24.3 Å². The molecule has 1 aromatic rings. The Morgan fingerprint density at radius 3 is 2.64 bits per heavy atom. The molecule has 4 N–H and O–H groups in total. The van der Waals surface area contributed by atoms with Gasteiger partial charge in [0.25, 0.3) is 10.0 Å². The van der Waals surface area contributed by atoms with Crippen LogP contribution in [-0.2, 0) is 19.5 Å². The zero-order chi connectivity index (χ0) is 20.9. The van der Waals surface area contributed by atoms with Crippen molar-refractivity contribution in [2.45, 2.75) is 25.0 Å². The number of ether oxygens (including phenoxy) is 2. The number of nitrogens with one attached hydrogen (secondary N) is 2. The number of amides is 2. The number of benzene rings is 1. The summed E-state index contributed by atoms with van der Waals surface area (Å²) in [6, 6.07) is 4.17. The van der Waals surface area contributed by atoms with Crippen LogP contribution < -0.4 is 15.9 Å². The molecule has 0 radical (unpaired) electrons. The monoisotopic (exact) mass is 412 g/mol. The smallest absolute Gasteiger partial charge is 0.339 e. The van der Waals surface area contributed by atoms with Crippen LogP contribution in [0.25, 0.3) is 0 Å². The number of hydrazine groups is 1. The number of aliphatic imine (C=N–C) groups is 2. The van der Waals surface area contributed by atoms with Crippen LogP contribution in [0.2, 0.25) is 0 Å². The lowest BCUT2D eigenvalue weighted by Crippen LogP contribution is -2.57. The maximum Gasteiger partial charge on any atom is 0.339 e. The number of esters is 1. The van der Waals surface area contributed by atoms with Gasteiger partial charge in [-0.05, 0) is 26.0 Å². The Bertz CT molecular complexity index is 929. The molecule has 0 bridgehead atoms. The number of hydrogen-bond acceptors (Lipinski definition) is 10. The van der Waals surface area contributed by atoms with Gasteiger partial charge in [0.1, 0.15) is 10.7 Å². The molecule has 2 rings (SSSR count). The van der Waals surface area contributed by atoms with Crippen LogP contribution >= 0.6 is 0 Å². The molecule has 12 nitrogen and oxygen atoms in total. The first-order valence-electron chi connectivity index (χ1n) is 8.00. The van der Waals surface area contributed by atoms with Crippen molar-refractivity contribution >= 4 is 33.9 Å². The number of methoxy groups -OCH3 is 1. The molecule has 0 saturated heterocycles. The van der Waals surface area contributed by atoms with Gasteiger partial charge >= 0.3 is 18.0 Å². The van der Waals surface area contributed by atoms with Crippen LogP contribution in [0, 0.1) is 0 Å². The van der Waals surface area contributed by atoms with Gasteiger partial charge < -0.3 is 9.47 Å². The Balaban J connectivity index is 2.19. The molecule has 0 fully saturated rings. The summed E-state index contributed by atoms with van der Waals surface area (Å²) >= 11 is 0. The van der Waals surface area contributed by atoms with E-state index in [1.54, 1.807) is 18.6 Å². The standard InChI is InChI=1S/C15H20N6O6S/c1-4-27-15-17-9(2)21(16)13(19-15)18-14(23)20-28(24,25)11-8-6-5-7-10(11)12(22)26-3/h5-8,13H,4,16H2,1-3H3,(H2,18,20,23). The van der Waals surface area contributed by atoms with Crippen LogP contribution in [0.5, 0.6) is 0 Å². The molecule has 0 aliphatic carbocycles. The van der Waals surface area contributed by atoms with Gasteiger partial charge in [0.2, 0.25) is 6.29 Å². The summed E-state index contributed by atoms with van der Waals surface area (Å²) in [4.78, 5) is 31.5. The molecule has 13 heteroatoms. The van der Waals surface area contributed by atoms with Gasteiger partial charge in [0, 0.05) is 0 Å². The third-order valence-corrected chi connectivity index (χ3v) is 4.86. The Morgan fingerprint density at radius 2 is 2.00 bits per heavy atom. The summed E-state index contributed by atoms with van der Waals surface area (Å²) < 4.78 is 36.6. The first kappa shape index (κ1) is 21.1. The number of sulfonamides is 1. The highest BCUT2D eigenvalue weighted by Gasteiger charge is 2.28. The van der Waals surface area contributed by atoms with Gasteiger partial charge in [-0.15, -0.1) is 0 Å². The molecular formula is C15H20N6O6S. The number of nitrogens with zero attached hydrogens (tertiary/aromatic N) is 3.